The van der Waals surface area contributed by atoms with E-state index in [2.05, 4.69) is 25.5 Å². The average Bonchev–Trinajstić information content (AvgIpc) is 3.29. The lowest BCUT2D eigenvalue weighted by Crippen LogP contribution is -2.13. The van der Waals surface area contributed by atoms with Gasteiger partial charge < -0.3 is 15.5 Å². The normalized spacial score (nSPS) is 11.8. The largest absolute Gasteiger partial charge is 0.414 e. The summed E-state index contributed by atoms with van der Waals surface area (Å²) in [7, 11) is -1.52. The van der Waals surface area contributed by atoms with Crippen LogP contribution in [0.25, 0.3) is 34.3 Å². The number of nitrogen functional groups attached to an aromatic ring is 1. The Morgan fingerprint density at radius 2 is 1.79 bits per heavy atom. The lowest BCUT2D eigenvalue weighted by atomic mass is 10.1. The fourth-order valence-electron chi connectivity index (χ4n) is 3.26. The van der Waals surface area contributed by atoms with Crippen LogP contribution in [-0.2, 0) is 16.4 Å². The van der Waals surface area contributed by atoms with Gasteiger partial charge in [-0.15, -0.1) is 10.2 Å². The lowest BCUT2D eigenvalue weighted by molar-refractivity contribution is 0.582. The highest BCUT2D eigenvalue weighted by atomic mass is 35.5. The fourth-order valence-corrected chi connectivity index (χ4v) is 4.60. The summed E-state index contributed by atoms with van der Waals surface area (Å²) in [6.45, 7) is 3.96. The number of sulfone groups is 1. The Morgan fingerprint density at radius 1 is 1.09 bits per heavy atom. The minimum absolute atomic E-state index is 0.0937. The number of nitrogens with two attached hydrogens (primary N) is 1. The Hall–Kier alpha value is -3.34. The fraction of sp³-hybridized carbons (Fsp3) is 0.217. The van der Waals surface area contributed by atoms with Crippen LogP contribution in [0.3, 0.4) is 0 Å². The van der Waals surface area contributed by atoms with E-state index in [0.29, 0.717) is 28.4 Å². The maximum atomic E-state index is 12.4. The third-order valence-electron chi connectivity index (χ3n) is 5.17. The van der Waals surface area contributed by atoms with Gasteiger partial charge in [-0.05, 0) is 50.7 Å². The molecule has 0 radical (unpaired) electrons. The van der Waals surface area contributed by atoms with Gasteiger partial charge in [0.25, 0.3) is 5.89 Å². The van der Waals surface area contributed by atoms with Crippen LogP contribution in [0.4, 0.5) is 5.82 Å². The third kappa shape index (κ3) is 4.65. The second-order valence-electron chi connectivity index (χ2n) is 7.86. The molecule has 0 atom stereocenters. The second-order valence-corrected chi connectivity index (χ2v) is 10.8. The van der Waals surface area contributed by atoms with Gasteiger partial charge >= 0.3 is 0 Å². The number of nitrogens with one attached hydrogen (secondary N) is 1. The summed E-state index contributed by atoms with van der Waals surface area (Å²) in [6, 6.07) is 12.0. The van der Waals surface area contributed by atoms with Gasteiger partial charge in [-0.25, -0.2) is 18.4 Å². The van der Waals surface area contributed by atoms with Crippen molar-refractivity contribution >= 4 is 27.3 Å². The Morgan fingerprint density at radius 3 is 2.44 bits per heavy atom. The second kappa shape index (κ2) is 9.49. The topological polar surface area (TPSA) is 137 Å². The number of benzene rings is 2. The summed E-state index contributed by atoms with van der Waals surface area (Å²) in [5, 5.41) is 11.2. The minimum Gasteiger partial charge on any atom is -0.414 e. The van der Waals surface area contributed by atoms with E-state index >= 15 is 0 Å². The summed E-state index contributed by atoms with van der Waals surface area (Å²) in [5.41, 5.74) is 9.00. The number of rotatable bonds is 7. The van der Waals surface area contributed by atoms with E-state index in [9.17, 15) is 8.42 Å². The highest BCUT2D eigenvalue weighted by Gasteiger charge is 2.20. The van der Waals surface area contributed by atoms with Gasteiger partial charge in [-0.2, -0.15) is 0 Å². The summed E-state index contributed by atoms with van der Waals surface area (Å²) < 4.78 is 30.6. The monoisotopic (exact) mass is 498 g/mol. The van der Waals surface area contributed by atoms with Gasteiger partial charge in [0.05, 0.1) is 32.6 Å². The number of anilines is 1. The molecule has 0 bridgehead atoms. The van der Waals surface area contributed by atoms with Gasteiger partial charge in [-0.1, -0.05) is 29.8 Å². The van der Waals surface area contributed by atoms with Crippen LogP contribution in [0.5, 0.6) is 0 Å². The Kier molecular flexibility index (Phi) is 6.65. The molecule has 0 fully saturated rings. The molecule has 0 saturated carbocycles. The summed E-state index contributed by atoms with van der Waals surface area (Å²) in [6.07, 6.45) is 1.50. The zero-order chi connectivity index (χ0) is 24.5. The van der Waals surface area contributed by atoms with Crippen molar-refractivity contribution in [3.8, 4) is 34.3 Å². The van der Waals surface area contributed by atoms with Crippen LogP contribution in [0.2, 0.25) is 5.02 Å². The van der Waals surface area contributed by atoms with E-state index in [1.807, 2.05) is 25.2 Å². The predicted octanol–water partition coefficient (Wildman–Crippen LogP) is 4.00. The molecule has 0 aliphatic heterocycles. The van der Waals surface area contributed by atoms with Crippen molar-refractivity contribution in [3.63, 3.8) is 0 Å². The molecule has 0 amide bonds. The molecule has 176 valence electrons. The quantitative estimate of drug-likeness (QED) is 0.387. The number of hydrogen-bond donors (Lipinski definition) is 2. The third-order valence-corrected chi connectivity index (χ3v) is 7.66. The van der Waals surface area contributed by atoms with E-state index < -0.39 is 15.1 Å². The van der Waals surface area contributed by atoms with Gasteiger partial charge in [0, 0.05) is 12.1 Å². The Bertz CT molecular complexity index is 1440. The maximum Gasteiger partial charge on any atom is 0.270 e. The van der Waals surface area contributed by atoms with Crippen molar-refractivity contribution in [2.45, 2.75) is 30.5 Å². The van der Waals surface area contributed by atoms with Crippen molar-refractivity contribution in [1.82, 2.24) is 25.5 Å². The molecule has 4 aromatic rings. The standard InChI is InChI=1S/C23H23ClN6O3S/c1-13(2)34(31,32)16-7-5-15(6-8-16)19-12-27-21(25)20(28-19)23-30-29-22(33-23)17-9-4-14(11-26-3)10-18(17)24/h4-10,12-13,26H,11H2,1-3H3,(H2,25,27). The molecule has 9 nitrogen and oxygen atoms in total. The molecule has 11 heteroatoms. The Labute approximate surface area is 202 Å². The predicted molar refractivity (Wildman–Crippen MR) is 131 cm³/mol. The lowest BCUT2D eigenvalue weighted by Gasteiger charge is -2.09. The molecule has 2 aromatic heterocycles. The van der Waals surface area contributed by atoms with Crippen LogP contribution >= 0.6 is 11.6 Å². The van der Waals surface area contributed by atoms with Crippen molar-refractivity contribution in [2.75, 3.05) is 12.8 Å². The maximum absolute atomic E-state index is 12.4. The molecule has 0 saturated heterocycles. The molecule has 3 N–H and O–H groups in total. The SMILES string of the molecule is CNCc1ccc(-c2nnc(-c3nc(-c4ccc(S(=O)(=O)C(C)C)cc4)cnc3N)o2)c(Cl)c1. The van der Waals surface area contributed by atoms with Crippen molar-refractivity contribution in [1.29, 1.82) is 0 Å². The number of nitrogens with zero attached hydrogens (tertiary/aromatic N) is 4. The zero-order valence-electron chi connectivity index (χ0n) is 18.8. The van der Waals surface area contributed by atoms with Crippen LogP contribution in [-0.4, -0.2) is 40.9 Å². The van der Waals surface area contributed by atoms with Gasteiger partial charge in [-0.3, -0.25) is 0 Å². The summed E-state index contributed by atoms with van der Waals surface area (Å²) >= 11 is 6.40. The summed E-state index contributed by atoms with van der Waals surface area (Å²) in [5.74, 6) is 0.440. The number of hydrogen-bond acceptors (Lipinski definition) is 9. The molecule has 4 rings (SSSR count). The molecular formula is C23H23ClN6O3S. The molecule has 0 unspecified atom stereocenters. The van der Waals surface area contributed by atoms with Gasteiger partial charge in [0.1, 0.15) is 0 Å². The molecule has 0 aliphatic carbocycles. The van der Waals surface area contributed by atoms with Crippen molar-refractivity contribution in [2.24, 2.45) is 0 Å². The van der Waals surface area contributed by atoms with Crippen molar-refractivity contribution in [3.05, 3.63) is 59.2 Å². The van der Waals surface area contributed by atoms with E-state index in [-0.39, 0.29) is 28.2 Å². The average molecular weight is 499 g/mol. The van der Waals surface area contributed by atoms with Crippen LogP contribution < -0.4 is 11.1 Å². The van der Waals surface area contributed by atoms with E-state index in [4.69, 9.17) is 21.8 Å². The van der Waals surface area contributed by atoms with Crippen LogP contribution in [0.1, 0.15) is 19.4 Å². The molecule has 34 heavy (non-hydrogen) atoms. The molecule has 0 aliphatic rings. The Balaban J connectivity index is 1.66. The summed E-state index contributed by atoms with van der Waals surface area (Å²) in [4.78, 5) is 8.98. The minimum atomic E-state index is -3.37. The first kappa shape index (κ1) is 23.8. The van der Waals surface area contributed by atoms with E-state index in [0.717, 1.165) is 5.56 Å². The van der Waals surface area contributed by atoms with Gasteiger partial charge in [0.15, 0.2) is 21.3 Å². The molecule has 0 spiro atoms. The smallest absolute Gasteiger partial charge is 0.270 e. The molecular weight excluding hydrogens is 476 g/mol. The van der Waals surface area contributed by atoms with Crippen LogP contribution in [0, 0.1) is 0 Å². The van der Waals surface area contributed by atoms with Gasteiger partial charge in [0.2, 0.25) is 5.89 Å². The van der Waals surface area contributed by atoms with E-state index in [1.54, 1.807) is 38.1 Å². The molecule has 2 aromatic carbocycles. The first-order valence-electron chi connectivity index (χ1n) is 10.4. The van der Waals surface area contributed by atoms with Crippen molar-refractivity contribution < 1.29 is 12.8 Å². The first-order chi connectivity index (χ1) is 16.2. The highest BCUT2D eigenvalue weighted by Crippen LogP contribution is 2.32. The number of aromatic nitrogens is 4. The zero-order valence-corrected chi connectivity index (χ0v) is 20.4. The number of halogens is 1. The van der Waals surface area contributed by atoms with Crippen LogP contribution in [0.15, 0.2) is 58.0 Å². The molecule has 2 heterocycles. The highest BCUT2D eigenvalue weighted by molar-refractivity contribution is 7.92. The first-order valence-corrected chi connectivity index (χ1v) is 12.4. The van der Waals surface area contributed by atoms with E-state index in [1.165, 1.54) is 6.20 Å².